The number of nitrogen functional groups attached to an aromatic ring is 1. The Hall–Kier alpha value is -1.62. The molecule has 2 aromatic heterocycles. The summed E-state index contributed by atoms with van der Waals surface area (Å²) in [7, 11) is 0. The molecule has 2 heterocycles. The topological polar surface area (TPSA) is 68.0 Å². The van der Waals surface area contributed by atoms with Crippen LogP contribution >= 0.6 is 11.3 Å². The highest BCUT2D eigenvalue weighted by Gasteiger charge is 2.51. The van der Waals surface area contributed by atoms with Gasteiger partial charge in [0.2, 0.25) is 0 Å². The van der Waals surface area contributed by atoms with Crippen LogP contribution in [0.3, 0.4) is 0 Å². The van der Waals surface area contributed by atoms with E-state index in [1.54, 1.807) is 0 Å². The number of amides is 1. The van der Waals surface area contributed by atoms with Crippen molar-refractivity contribution in [3.05, 3.63) is 22.2 Å². The zero-order valence-electron chi connectivity index (χ0n) is 15.0. The fraction of sp³-hybridized carbons (Fsp3) is 0.619. The minimum absolute atomic E-state index is 0.0314. The zero-order valence-corrected chi connectivity index (χ0v) is 15.8. The first-order valence-corrected chi connectivity index (χ1v) is 10.9. The van der Waals surface area contributed by atoms with Gasteiger partial charge in [0.1, 0.15) is 9.71 Å². The lowest BCUT2D eigenvalue weighted by atomic mass is 9.53. The molecule has 4 fully saturated rings. The molecule has 0 saturated heterocycles. The fourth-order valence-electron chi connectivity index (χ4n) is 6.73. The summed E-state index contributed by atoms with van der Waals surface area (Å²) in [6, 6.07) is 2.18. The van der Waals surface area contributed by atoms with Gasteiger partial charge in [0.25, 0.3) is 5.91 Å². The number of carbonyl (C=O) groups is 1. The SMILES string of the molecule is Nc1c(C(=O)NC23CC4CC(CC(C4)C2)C3)sc2nc3c(cc12)CCC3. The lowest BCUT2D eigenvalue weighted by Crippen LogP contribution is -2.59. The summed E-state index contributed by atoms with van der Waals surface area (Å²) < 4.78 is 0. The van der Waals surface area contributed by atoms with Gasteiger partial charge < -0.3 is 11.1 Å². The third-order valence-electron chi connectivity index (χ3n) is 7.37. The first kappa shape index (κ1) is 15.4. The van der Waals surface area contributed by atoms with Crippen molar-refractivity contribution in [2.75, 3.05) is 5.73 Å². The number of thiophene rings is 1. The van der Waals surface area contributed by atoms with Crippen LogP contribution in [0, 0.1) is 17.8 Å². The second kappa shape index (κ2) is 5.22. The second-order valence-corrected chi connectivity index (χ2v) is 10.3. The average Bonchev–Trinajstić information content (AvgIpc) is 3.15. The molecule has 5 aliphatic carbocycles. The second-order valence-electron chi connectivity index (χ2n) is 9.30. The molecule has 2 aromatic rings. The standard InChI is InChI=1S/C21H25N3OS/c22-17-15-7-14-2-1-3-16(14)23-20(15)26-18(17)19(25)24-21-8-11-4-12(9-21)6-13(5-11)10-21/h7,11-13H,1-6,8-10,22H2,(H,24,25). The number of aryl methyl sites for hydroxylation is 2. The van der Waals surface area contributed by atoms with Crippen LogP contribution in [0.4, 0.5) is 5.69 Å². The van der Waals surface area contributed by atoms with E-state index in [1.165, 1.54) is 67.5 Å². The van der Waals surface area contributed by atoms with E-state index in [-0.39, 0.29) is 11.4 Å². The van der Waals surface area contributed by atoms with Crippen molar-refractivity contribution in [2.24, 2.45) is 17.8 Å². The number of carbonyl (C=O) groups excluding carboxylic acids is 1. The van der Waals surface area contributed by atoms with Crippen LogP contribution in [0.1, 0.15) is 65.9 Å². The number of anilines is 1. The van der Waals surface area contributed by atoms with Gasteiger partial charge in [0.05, 0.1) is 5.69 Å². The van der Waals surface area contributed by atoms with Gasteiger partial charge in [-0.2, -0.15) is 0 Å². The number of nitrogens with two attached hydrogens (primary N) is 1. The maximum absolute atomic E-state index is 13.2. The average molecular weight is 368 g/mol. The molecule has 3 N–H and O–H groups in total. The molecule has 0 aliphatic heterocycles. The molecule has 0 aromatic carbocycles. The monoisotopic (exact) mass is 367 g/mol. The van der Waals surface area contributed by atoms with Gasteiger partial charge in [-0.3, -0.25) is 4.79 Å². The van der Waals surface area contributed by atoms with Crippen LogP contribution in [0.2, 0.25) is 0 Å². The Morgan fingerprint density at radius 1 is 1.15 bits per heavy atom. The van der Waals surface area contributed by atoms with Crippen molar-refractivity contribution in [3.63, 3.8) is 0 Å². The van der Waals surface area contributed by atoms with Crippen molar-refractivity contribution in [1.82, 2.24) is 10.3 Å². The summed E-state index contributed by atoms with van der Waals surface area (Å²) in [4.78, 5) is 19.6. The summed E-state index contributed by atoms with van der Waals surface area (Å²) in [6.45, 7) is 0. The summed E-state index contributed by atoms with van der Waals surface area (Å²) >= 11 is 1.48. The minimum Gasteiger partial charge on any atom is -0.397 e. The normalized spacial score (nSPS) is 34.4. The quantitative estimate of drug-likeness (QED) is 0.841. The molecule has 5 heteroatoms. The van der Waals surface area contributed by atoms with Gasteiger partial charge >= 0.3 is 0 Å². The summed E-state index contributed by atoms with van der Waals surface area (Å²) in [5.41, 5.74) is 9.59. The van der Waals surface area contributed by atoms with E-state index in [9.17, 15) is 4.79 Å². The van der Waals surface area contributed by atoms with Crippen LogP contribution in [-0.4, -0.2) is 16.4 Å². The lowest BCUT2D eigenvalue weighted by molar-refractivity contribution is -0.0166. The first-order valence-electron chi connectivity index (χ1n) is 10.1. The molecule has 136 valence electrons. The summed E-state index contributed by atoms with van der Waals surface area (Å²) in [6.07, 6.45) is 11.0. The number of hydrogen-bond acceptors (Lipinski definition) is 4. The molecular formula is C21H25N3OS. The van der Waals surface area contributed by atoms with E-state index in [1.807, 2.05) is 0 Å². The molecule has 4 bridgehead atoms. The summed E-state index contributed by atoms with van der Waals surface area (Å²) in [5.74, 6) is 2.51. The van der Waals surface area contributed by atoms with Crippen LogP contribution in [-0.2, 0) is 12.8 Å². The first-order chi connectivity index (χ1) is 12.6. The molecule has 4 nitrogen and oxygen atoms in total. The van der Waals surface area contributed by atoms with Crippen molar-refractivity contribution in [1.29, 1.82) is 0 Å². The Bertz CT molecular complexity index is 896. The molecule has 0 unspecified atom stereocenters. The minimum atomic E-state index is 0.0314. The molecular weight excluding hydrogens is 342 g/mol. The summed E-state index contributed by atoms with van der Waals surface area (Å²) in [5, 5.41) is 4.44. The third-order valence-corrected chi connectivity index (χ3v) is 8.49. The number of fused-ring (bicyclic) bond motifs is 2. The van der Waals surface area contributed by atoms with Gasteiger partial charge in [-0.25, -0.2) is 4.98 Å². The van der Waals surface area contributed by atoms with Gasteiger partial charge in [0, 0.05) is 16.6 Å². The highest BCUT2D eigenvalue weighted by molar-refractivity contribution is 7.21. The number of rotatable bonds is 2. The Morgan fingerprint density at radius 2 is 1.85 bits per heavy atom. The third kappa shape index (κ3) is 2.19. The van der Waals surface area contributed by atoms with Crippen LogP contribution in [0.15, 0.2) is 6.07 Å². The molecule has 26 heavy (non-hydrogen) atoms. The lowest BCUT2D eigenvalue weighted by Gasteiger charge is -2.56. The van der Waals surface area contributed by atoms with Gasteiger partial charge in [0.15, 0.2) is 0 Å². The number of aromatic nitrogens is 1. The molecule has 0 atom stereocenters. The van der Waals surface area contributed by atoms with Gasteiger partial charge in [-0.15, -0.1) is 11.3 Å². The van der Waals surface area contributed by atoms with E-state index in [0.29, 0.717) is 10.6 Å². The van der Waals surface area contributed by atoms with E-state index in [0.717, 1.165) is 40.8 Å². The van der Waals surface area contributed by atoms with Crippen molar-refractivity contribution in [3.8, 4) is 0 Å². The molecule has 0 spiro atoms. The number of nitrogens with zero attached hydrogens (tertiary/aromatic N) is 1. The van der Waals surface area contributed by atoms with Crippen LogP contribution in [0.5, 0.6) is 0 Å². The number of hydrogen-bond donors (Lipinski definition) is 2. The van der Waals surface area contributed by atoms with Crippen LogP contribution < -0.4 is 11.1 Å². The van der Waals surface area contributed by atoms with Crippen molar-refractivity contribution >= 4 is 33.1 Å². The Morgan fingerprint density at radius 3 is 2.54 bits per heavy atom. The van der Waals surface area contributed by atoms with Gasteiger partial charge in [-0.05, 0) is 87.2 Å². The van der Waals surface area contributed by atoms with Crippen molar-refractivity contribution < 1.29 is 4.79 Å². The van der Waals surface area contributed by atoms with E-state index in [4.69, 9.17) is 10.7 Å². The highest BCUT2D eigenvalue weighted by atomic mass is 32.1. The Balaban J connectivity index is 1.33. The maximum atomic E-state index is 13.2. The number of pyridine rings is 1. The Labute approximate surface area is 157 Å². The molecule has 4 saturated carbocycles. The predicted octanol–water partition coefficient (Wildman–Crippen LogP) is 4.07. The van der Waals surface area contributed by atoms with E-state index < -0.39 is 0 Å². The number of nitrogens with one attached hydrogen (secondary N) is 1. The highest BCUT2D eigenvalue weighted by Crippen LogP contribution is 2.55. The smallest absolute Gasteiger partial charge is 0.264 e. The Kier molecular flexibility index (Phi) is 3.10. The van der Waals surface area contributed by atoms with Crippen molar-refractivity contribution in [2.45, 2.75) is 63.3 Å². The fourth-order valence-corrected chi connectivity index (χ4v) is 7.72. The predicted molar refractivity (Wildman–Crippen MR) is 104 cm³/mol. The molecule has 7 rings (SSSR count). The molecule has 1 amide bonds. The maximum Gasteiger partial charge on any atom is 0.264 e. The van der Waals surface area contributed by atoms with E-state index >= 15 is 0 Å². The van der Waals surface area contributed by atoms with E-state index in [2.05, 4.69) is 11.4 Å². The largest absolute Gasteiger partial charge is 0.397 e. The van der Waals surface area contributed by atoms with Gasteiger partial charge in [-0.1, -0.05) is 0 Å². The molecule has 0 radical (unpaired) electrons. The molecule has 5 aliphatic rings. The zero-order chi connectivity index (χ0) is 17.5. The van der Waals surface area contributed by atoms with Crippen LogP contribution in [0.25, 0.3) is 10.2 Å².